The first-order valence-corrected chi connectivity index (χ1v) is 12.6. The minimum atomic E-state index is -1.43. The number of hydrogen-bond donors (Lipinski definition) is 2. The molecule has 1 aliphatic carbocycles. The lowest BCUT2D eigenvalue weighted by molar-refractivity contribution is -0.0477. The Morgan fingerprint density at radius 1 is 1.17 bits per heavy atom. The maximum absolute atomic E-state index is 9.94. The van der Waals surface area contributed by atoms with Crippen molar-refractivity contribution >= 4 is 0 Å². The molecule has 3 aromatic rings. The van der Waals surface area contributed by atoms with Gasteiger partial charge in [0, 0.05) is 43.2 Å². The third-order valence-corrected chi connectivity index (χ3v) is 7.46. The number of benzene rings is 2. The van der Waals surface area contributed by atoms with E-state index >= 15 is 0 Å². The van der Waals surface area contributed by atoms with E-state index in [-0.39, 0.29) is 24.0 Å². The zero-order valence-electron chi connectivity index (χ0n) is 21.1. The molecule has 2 aromatic carbocycles. The fourth-order valence-electron chi connectivity index (χ4n) is 5.90. The minimum Gasteiger partial charge on any atom is -0.470 e. The molecule has 0 fully saturated rings. The molecule has 0 amide bonds. The van der Waals surface area contributed by atoms with Gasteiger partial charge in [0.1, 0.15) is 5.60 Å². The molecule has 0 saturated carbocycles. The Balaban J connectivity index is 1.52. The maximum Gasteiger partial charge on any atom is 0.218 e. The average molecular weight is 484 g/mol. The molecule has 0 radical (unpaired) electrons. The van der Waals surface area contributed by atoms with Gasteiger partial charge in [0.15, 0.2) is 6.29 Å². The summed E-state index contributed by atoms with van der Waals surface area (Å²) in [6.07, 6.45) is 2.60. The fourth-order valence-corrected chi connectivity index (χ4v) is 5.90. The van der Waals surface area contributed by atoms with Gasteiger partial charge in [-0.25, -0.2) is 4.98 Å². The Bertz CT molecular complexity index is 1310. The first-order chi connectivity index (χ1) is 17.2. The second-order valence-corrected chi connectivity index (χ2v) is 10.7. The van der Waals surface area contributed by atoms with Crippen molar-refractivity contribution in [3.63, 3.8) is 0 Å². The summed E-state index contributed by atoms with van der Waals surface area (Å²) in [4.78, 5) is 6.99. The zero-order valence-corrected chi connectivity index (χ0v) is 21.1. The number of aliphatic hydroxyl groups excluding tert-OH is 1. The smallest absolute Gasteiger partial charge is 0.218 e. The summed E-state index contributed by atoms with van der Waals surface area (Å²) >= 11 is 0. The van der Waals surface area contributed by atoms with E-state index in [2.05, 4.69) is 54.1 Å². The van der Waals surface area contributed by atoms with Gasteiger partial charge in [-0.05, 0) is 79.6 Å². The van der Waals surface area contributed by atoms with Crippen molar-refractivity contribution in [3.05, 3.63) is 93.7 Å². The van der Waals surface area contributed by atoms with E-state index in [4.69, 9.17) is 4.74 Å². The molecule has 0 spiro atoms. The number of hydrogen-bond acceptors (Lipinski definition) is 6. The second kappa shape index (κ2) is 9.67. The fraction of sp³-hybridized carbons (Fsp3) is 0.400. The van der Waals surface area contributed by atoms with E-state index in [1.54, 1.807) is 12.3 Å². The number of rotatable bonds is 5. The third kappa shape index (κ3) is 4.87. The van der Waals surface area contributed by atoms with Crippen LogP contribution in [0.2, 0.25) is 0 Å². The van der Waals surface area contributed by atoms with Gasteiger partial charge < -0.3 is 14.9 Å². The quantitative estimate of drug-likeness (QED) is 0.509. The molecule has 2 heterocycles. The van der Waals surface area contributed by atoms with Crippen LogP contribution in [0.1, 0.15) is 77.6 Å². The van der Waals surface area contributed by atoms with Crippen LogP contribution in [0.25, 0.3) is 0 Å². The van der Waals surface area contributed by atoms with Gasteiger partial charge in [-0.1, -0.05) is 30.3 Å². The summed E-state index contributed by atoms with van der Waals surface area (Å²) in [6, 6.07) is 18.7. The number of nitrogens with zero attached hydrogens (tertiary/aromatic N) is 3. The van der Waals surface area contributed by atoms with Crippen LogP contribution < -0.4 is 4.74 Å². The summed E-state index contributed by atoms with van der Waals surface area (Å²) in [5, 5.41) is 29.2. The van der Waals surface area contributed by atoms with E-state index in [1.807, 2.05) is 25.1 Å². The normalized spacial score (nSPS) is 19.6. The van der Waals surface area contributed by atoms with Crippen LogP contribution in [0, 0.1) is 18.3 Å². The van der Waals surface area contributed by atoms with Crippen LogP contribution >= 0.6 is 0 Å². The molecule has 186 valence electrons. The number of ether oxygens (including phenoxy) is 1. The van der Waals surface area contributed by atoms with Gasteiger partial charge in [0.25, 0.3) is 0 Å². The van der Waals surface area contributed by atoms with Crippen molar-refractivity contribution in [3.8, 4) is 11.9 Å². The van der Waals surface area contributed by atoms with Gasteiger partial charge in [-0.3, -0.25) is 4.90 Å². The number of aryl methyl sites for hydroxylation is 2. The van der Waals surface area contributed by atoms with E-state index < -0.39 is 6.29 Å². The second-order valence-electron chi connectivity index (χ2n) is 10.7. The Labute approximate surface area is 212 Å². The van der Waals surface area contributed by atoms with Gasteiger partial charge in [0.05, 0.1) is 11.6 Å². The lowest BCUT2D eigenvalue weighted by atomic mass is 9.84. The van der Waals surface area contributed by atoms with Gasteiger partial charge in [0.2, 0.25) is 5.88 Å². The summed E-state index contributed by atoms with van der Waals surface area (Å²) in [6.45, 7) is 7.76. The molecule has 1 aromatic heterocycles. The van der Waals surface area contributed by atoms with E-state index in [0.29, 0.717) is 11.4 Å². The first-order valence-electron chi connectivity index (χ1n) is 12.6. The van der Waals surface area contributed by atoms with Gasteiger partial charge in [-0.2, -0.15) is 5.26 Å². The van der Waals surface area contributed by atoms with Crippen LogP contribution in [0.3, 0.4) is 0 Å². The number of aromatic nitrogens is 1. The highest BCUT2D eigenvalue weighted by molar-refractivity contribution is 5.46. The molecule has 2 aliphatic rings. The number of pyridine rings is 1. The van der Waals surface area contributed by atoms with Crippen LogP contribution in [0.5, 0.6) is 5.88 Å². The van der Waals surface area contributed by atoms with Crippen LogP contribution in [0.4, 0.5) is 0 Å². The molecule has 5 rings (SSSR count). The standard InChI is InChI=1S/C30H33N3O3/c1-19-13-20(16-31)6-10-24(19)25(15-28(34)35)22-8-7-21-9-11-27(26(21)14-22)33-17-23-5-4-12-32-29(23)36-30(2,3)18-33/h4-8,10,12-14,25,27-28,34-35H,9,11,15,17-18H2,1-3H3. The molecular formula is C30H33N3O3. The molecule has 1 aliphatic heterocycles. The molecule has 36 heavy (non-hydrogen) atoms. The zero-order chi connectivity index (χ0) is 25.4. The highest BCUT2D eigenvalue weighted by atomic mass is 16.5. The SMILES string of the molecule is Cc1cc(C#N)ccc1C(CC(O)O)c1ccc2c(c1)C(N1Cc3cccnc3OC(C)(C)C1)CC2. The van der Waals surface area contributed by atoms with Gasteiger partial charge >= 0.3 is 0 Å². The summed E-state index contributed by atoms with van der Waals surface area (Å²) in [7, 11) is 0. The monoisotopic (exact) mass is 483 g/mol. The molecule has 2 unspecified atom stereocenters. The van der Waals surface area contributed by atoms with Crippen molar-refractivity contribution in [2.75, 3.05) is 6.54 Å². The van der Waals surface area contributed by atoms with E-state index in [1.165, 1.54) is 11.1 Å². The van der Waals surface area contributed by atoms with Crippen molar-refractivity contribution in [1.29, 1.82) is 5.26 Å². The Kier molecular flexibility index (Phi) is 6.57. The number of fused-ring (bicyclic) bond motifs is 2. The summed E-state index contributed by atoms with van der Waals surface area (Å²) in [5.74, 6) is 0.531. The van der Waals surface area contributed by atoms with Crippen LogP contribution in [0.15, 0.2) is 54.7 Å². The molecule has 2 N–H and O–H groups in total. The molecule has 0 saturated heterocycles. The maximum atomic E-state index is 9.94. The summed E-state index contributed by atoms with van der Waals surface area (Å²) < 4.78 is 6.29. The van der Waals surface area contributed by atoms with Crippen LogP contribution in [-0.2, 0) is 13.0 Å². The van der Waals surface area contributed by atoms with Crippen LogP contribution in [-0.4, -0.2) is 38.5 Å². The van der Waals surface area contributed by atoms with Crippen molar-refractivity contribution in [1.82, 2.24) is 9.88 Å². The topological polar surface area (TPSA) is 89.6 Å². The number of nitriles is 1. The minimum absolute atomic E-state index is 0.182. The molecular weight excluding hydrogens is 450 g/mol. The molecule has 0 bridgehead atoms. The van der Waals surface area contributed by atoms with Crippen molar-refractivity contribution in [2.24, 2.45) is 0 Å². The van der Waals surface area contributed by atoms with E-state index in [0.717, 1.165) is 48.2 Å². The molecule has 6 heteroatoms. The largest absolute Gasteiger partial charge is 0.470 e. The van der Waals surface area contributed by atoms with Crippen molar-refractivity contribution in [2.45, 2.75) is 70.4 Å². The Hall–Kier alpha value is -3.24. The first kappa shape index (κ1) is 24.5. The molecule has 6 nitrogen and oxygen atoms in total. The third-order valence-electron chi connectivity index (χ3n) is 7.46. The molecule has 2 atom stereocenters. The lowest BCUT2D eigenvalue weighted by Gasteiger charge is -2.34. The highest BCUT2D eigenvalue weighted by Gasteiger charge is 2.36. The Morgan fingerprint density at radius 2 is 2.00 bits per heavy atom. The lowest BCUT2D eigenvalue weighted by Crippen LogP contribution is -2.41. The van der Waals surface area contributed by atoms with E-state index in [9.17, 15) is 15.5 Å². The van der Waals surface area contributed by atoms with Crippen molar-refractivity contribution < 1.29 is 14.9 Å². The Morgan fingerprint density at radius 3 is 2.75 bits per heavy atom. The number of aliphatic hydroxyl groups is 2. The van der Waals surface area contributed by atoms with Gasteiger partial charge in [-0.15, -0.1) is 0 Å². The predicted octanol–water partition coefficient (Wildman–Crippen LogP) is 4.75. The highest BCUT2D eigenvalue weighted by Crippen LogP contribution is 2.42. The average Bonchev–Trinajstić information content (AvgIpc) is 3.20. The summed E-state index contributed by atoms with van der Waals surface area (Å²) in [5.41, 5.74) is 7.04. The predicted molar refractivity (Wildman–Crippen MR) is 137 cm³/mol.